The van der Waals surface area contributed by atoms with Crippen molar-refractivity contribution in [3.63, 3.8) is 0 Å². The molecule has 0 unspecified atom stereocenters. The van der Waals surface area contributed by atoms with Gasteiger partial charge in [0.15, 0.2) is 5.65 Å². The van der Waals surface area contributed by atoms with E-state index in [2.05, 4.69) is 15.1 Å². The van der Waals surface area contributed by atoms with Crippen molar-refractivity contribution in [3.05, 3.63) is 66.7 Å². The molecule has 1 aromatic carbocycles. The average Bonchev–Trinajstić information content (AvgIpc) is 3.12. The highest BCUT2D eigenvalue weighted by Gasteiger charge is 2.19. The molecule has 0 radical (unpaired) electrons. The van der Waals surface area contributed by atoms with Gasteiger partial charge in [-0.15, -0.1) is 0 Å². The molecule has 0 fully saturated rings. The summed E-state index contributed by atoms with van der Waals surface area (Å²) < 4.78 is 33.5. The van der Waals surface area contributed by atoms with Gasteiger partial charge in [0.05, 0.1) is 19.0 Å². The van der Waals surface area contributed by atoms with E-state index in [4.69, 9.17) is 4.74 Å². The zero-order chi connectivity index (χ0) is 18.1. The molecule has 0 N–H and O–H groups in total. The minimum Gasteiger partial charge on any atom is -0.497 e. The first kappa shape index (κ1) is 16.1. The van der Waals surface area contributed by atoms with E-state index < -0.39 is 6.43 Å². The maximum atomic E-state index is 13.6. The quantitative estimate of drug-likeness (QED) is 0.546. The summed E-state index contributed by atoms with van der Waals surface area (Å²) in [5.41, 5.74) is 2.82. The highest BCUT2D eigenvalue weighted by Crippen LogP contribution is 2.30. The molecule has 0 aliphatic carbocycles. The topological polar surface area (TPSA) is 52.3 Å². The number of fused-ring (bicyclic) bond motifs is 1. The van der Waals surface area contributed by atoms with Gasteiger partial charge in [-0.2, -0.15) is 5.10 Å². The van der Waals surface area contributed by atoms with E-state index in [0.717, 1.165) is 11.1 Å². The lowest BCUT2D eigenvalue weighted by Crippen LogP contribution is -2.02. The second-order valence-electron chi connectivity index (χ2n) is 5.62. The molecule has 130 valence electrons. The van der Waals surface area contributed by atoms with E-state index in [0.29, 0.717) is 22.7 Å². The standard InChI is InChI=1S/C19H14F2N4O/c1-26-14-4-2-13(3-5-14)16-10-17(18(20)21)25-19(24-16)15(11-23-25)12-6-8-22-9-7-12/h2-11,18H,1H3. The molecule has 0 spiro atoms. The van der Waals surface area contributed by atoms with Crippen molar-refractivity contribution < 1.29 is 13.5 Å². The lowest BCUT2D eigenvalue weighted by atomic mass is 10.1. The fraction of sp³-hybridized carbons (Fsp3) is 0.105. The number of methoxy groups -OCH3 is 1. The van der Waals surface area contributed by atoms with Crippen molar-refractivity contribution in [2.45, 2.75) is 6.43 Å². The number of nitrogens with zero attached hydrogens (tertiary/aromatic N) is 4. The average molecular weight is 352 g/mol. The lowest BCUT2D eigenvalue weighted by Gasteiger charge is -2.09. The van der Waals surface area contributed by atoms with Crippen molar-refractivity contribution in [1.29, 1.82) is 0 Å². The number of aromatic nitrogens is 4. The number of rotatable bonds is 4. The monoisotopic (exact) mass is 352 g/mol. The minimum absolute atomic E-state index is 0.207. The van der Waals surface area contributed by atoms with Gasteiger partial charge in [0.1, 0.15) is 11.4 Å². The fourth-order valence-corrected chi connectivity index (χ4v) is 2.79. The van der Waals surface area contributed by atoms with Gasteiger partial charge in [0.2, 0.25) is 0 Å². The summed E-state index contributed by atoms with van der Waals surface area (Å²) in [5, 5.41) is 4.11. The van der Waals surface area contributed by atoms with Crippen molar-refractivity contribution >= 4 is 5.65 Å². The van der Waals surface area contributed by atoms with E-state index in [1.807, 2.05) is 0 Å². The molecule has 0 amide bonds. The number of halogens is 2. The van der Waals surface area contributed by atoms with Crippen LogP contribution in [0.1, 0.15) is 12.1 Å². The molecule has 0 bridgehead atoms. The van der Waals surface area contributed by atoms with Crippen LogP contribution < -0.4 is 4.74 Å². The molecule has 5 nitrogen and oxygen atoms in total. The van der Waals surface area contributed by atoms with Gasteiger partial charge in [-0.1, -0.05) is 0 Å². The second-order valence-corrected chi connectivity index (χ2v) is 5.62. The molecule has 7 heteroatoms. The molecule has 0 atom stereocenters. The van der Waals surface area contributed by atoms with Crippen LogP contribution in [0.2, 0.25) is 0 Å². The van der Waals surface area contributed by atoms with E-state index in [9.17, 15) is 8.78 Å². The molecular formula is C19H14F2N4O. The predicted octanol–water partition coefficient (Wildman–Crippen LogP) is 4.40. The van der Waals surface area contributed by atoms with Crippen LogP contribution in [0.3, 0.4) is 0 Å². The Labute approximate surface area is 147 Å². The third-order valence-corrected chi connectivity index (χ3v) is 4.10. The molecule has 4 rings (SSSR count). The molecule has 4 aromatic rings. The van der Waals surface area contributed by atoms with Gasteiger partial charge in [0, 0.05) is 23.5 Å². The number of benzene rings is 1. The predicted molar refractivity (Wildman–Crippen MR) is 93.2 cm³/mol. The van der Waals surface area contributed by atoms with Gasteiger partial charge >= 0.3 is 0 Å². The summed E-state index contributed by atoms with van der Waals surface area (Å²) in [6.07, 6.45) is 2.14. The Morgan fingerprint density at radius 3 is 2.38 bits per heavy atom. The molecule has 0 aliphatic heterocycles. The van der Waals surface area contributed by atoms with Crippen molar-refractivity contribution in [3.8, 4) is 28.1 Å². The maximum absolute atomic E-state index is 13.6. The van der Waals surface area contributed by atoms with Gasteiger partial charge in [-0.25, -0.2) is 18.3 Å². The van der Waals surface area contributed by atoms with E-state index in [1.165, 1.54) is 10.6 Å². The largest absolute Gasteiger partial charge is 0.497 e. The van der Waals surface area contributed by atoms with Crippen LogP contribution in [-0.4, -0.2) is 26.7 Å². The van der Waals surface area contributed by atoms with Crippen LogP contribution >= 0.6 is 0 Å². The number of ether oxygens (including phenoxy) is 1. The lowest BCUT2D eigenvalue weighted by molar-refractivity contribution is 0.143. The first-order chi connectivity index (χ1) is 12.7. The number of alkyl halides is 2. The zero-order valence-electron chi connectivity index (χ0n) is 13.8. The van der Waals surface area contributed by atoms with Crippen LogP contribution in [0, 0.1) is 0 Å². The summed E-state index contributed by atoms with van der Waals surface area (Å²) in [7, 11) is 1.57. The molecule has 3 heterocycles. The minimum atomic E-state index is -2.68. The van der Waals surface area contributed by atoms with Crippen LogP contribution in [0.4, 0.5) is 8.78 Å². The van der Waals surface area contributed by atoms with Crippen LogP contribution in [0.15, 0.2) is 61.1 Å². The zero-order valence-corrected chi connectivity index (χ0v) is 13.8. The second kappa shape index (κ2) is 6.51. The van der Waals surface area contributed by atoms with E-state index in [1.54, 1.807) is 62.1 Å². The summed E-state index contributed by atoms with van der Waals surface area (Å²) >= 11 is 0. The van der Waals surface area contributed by atoms with Gasteiger partial charge in [0.25, 0.3) is 6.43 Å². The highest BCUT2D eigenvalue weighted by atomic mass is 19.3. The molecule has 0 aliphatic rings. The molecule has 26 heavy (non-hydrogen) atoms. The highest BCUT2D eigenvalue weighted by molar-refractivity contribution is 5.78. The summed E-state index contributed by atoms with van der Waals surface area (Å²) in [5.74, 6) is 0.686. The normalized spacial score (nSPS) is 11.2. The fourth-order valence-electron chi connectivity index (χ4n) is 2.79. The number of hydrogen-bond acceptors (Lipinski definition) is 4. The van der Waals surface area contributed by atoms with Crippen molar-refractivity contribution in [2.75, 3.05) is 7.11 Å². The van der Waals surface area contributed by atoms with Gasteiger partial charge < -0.3 is 4.74 Å². The third-order valence-electron chi connectivity index (χ3n) is 4.10. The van der Waals surface area contributed by atoms with Crippen molar-refractivity contribution in [2.24, 2.45) is 0 Å². The molecule has 3 aromatic heterocycles. The Bertz CT molecular complexity index is 1050. The number of hydrogen-bond donors (Lipinski definition) is 0. The Hall–Kier alpha value is -3.35. The smallest absolute Gasteiger partial charge is 0.280 e. The Kier molecular flexibility index (Phi) is 4.04. The third kappa shape index (κ3) is 2.77. The molecule has 0 saturated carbocycles. The first-order valence-corrected chi connectivity index (χ1v) is 7.89. The summed E-state index contributed by atoms with van der Waals surface area (Å²) in [6, 6.07) is 12.1. The Balaban J connectivity index is 1.93. The first-order valence-electron chi connectivity index (χ1n) is 7.89. The van der Waals surface area contributed by atoms with Crippen LogP contribution in [0.25, 0.3) is 28.0 Å². The van der Waals surface area contributed by atoms with Crippen LogP contribution in [0.5, 0.6) is 5.75 Å². The van der Waals surface area contributed by atoms with E-state index >= 15 is 0 Å². The van der Waals surface area contributed by atoms with Gasteiger partial charge in [-0.3, -0.25) is 4.98 Å². The van der Waals surface area contributed by atoms with E-state index in [-0.39, 0.29) is 5.69 Å². The summed E-state index contributed by atoms with van der Waals surface area (Å²) in [6.45, 7) is 0. The summed E-state index contributed by atoms with van der Waals surface area (Å²) in [4.78, 5) is 8.57. The Morgan fingerprint density at radius 2 is 1.73 bits per heavy atom. The molecule has 0 saturated heterocycles. The van der Waals surface area contributed by atoms with Crippen LogP contribution in [-0.2, 0) is 0 Å². The SMILES string of the molecule is COc1ccc(-c2cc(C(F)F)n3ncc(-c4ccncc4)c3n2)cc1. The molecular weight excluding hydrogens is 338 g/mol. The van der Waals surface area contributed by atoms with Gasteiger partial charge in [-0.05, 0) is 48.0 Å². The maximum Gasteiger partial charge on any atom is 0.280 e. The number of pyridine rings is 1. The van der Waals surface area contributed by atoms with Crippen molar-refractivity contribution in [1.82, 2.24) is 19.6 Å². The Morgan fingerprint density at radius 1 is 1.00 bits per heavy atom.